The molecule has 34 heavy (non-hydrogen) atoms. The van der Waals surface area contributed by atoms with Crippen molar-refractivity contribution in [2.75, 3.05) is 17.5 Å². The van der Waals surface area contributed by atoms with Crippen molar-refractivity contribution in [3.63, 3.8) is 0 Å². The summed E-state index contributed by atoms with van der Waals surface area (Å²) in [5, 5.41) is 22.0. The van der Waals surface area contributed by atoms with Gasteiger partial charge in [-0.25, -0.2) is 4.98 Å². The fraction of sp³-hybridized carbons (Fsp3) is 0.0400. The second-order valence-electron chi connectivity index (χ2n) is 7.29. The Labute approximate surface area is 199 Å². The van der Waals surface area contributed by atoms with Crippen LogP contribution in [0.1, 0.15) is 5.56 Å². The average Bonchev–Trinajstić information content (AvgIpc) is 3.49. The summed E-state index contributed by atoms with van der Waals surface area (Å²) >= 11 is 1.32. The first-order valence-electron chi connectivity index (χ1n) is 10.3. The number of phenolic OH excluding ortho intramolecular Hbond substituents is 1. The summed E-state index contributed by atoms with van der Waals surface area (Å²) in [5.74, 6) is 0.512. The molecule has 0 radical (unpaired) electrons. The van der Waals surface area contributed by atoms with Gasteiger partial charge in [-0.15, -0.1) is 11.3 Å². The Kier molecular flexibility index (Phi) is 5.75. The summed E-state index contributed by atoms with van der Waals surface area (Å²) in [6.07, 6.45) is 0. The lowest BCUT2D eigenvalue weighted by molar-refractivity contribution is -0.112. The molecule has 168 valence electrons. The number of nitrogens with one attached hydrogen (secondary N) is 1. The third-order valence-corrected chi connectivity index (χ3v) is 5.91. The van der Waals surface area contributed by atoms with Crippen LogP contribution in [-0.2, 0) is 4.79 Å². The molecule has 1 aliphatic heterocycles. The Balaban J connectivity index is 1.47. The largest absolute Gasteiger partial charge is 0.508 e. The quantitative estimate of drug-likeness (QED) is 0.314. The topological polar surface area (TPSA) is 99.4 Å². The second kappa shape index (κ2) is 9.16. The van der Waals surface area contributed by atoms with Crippen LogP contribution >= 0.6 is 11.3 Å². The minimum atomic E-state index is -0.388. The lowest BCUT2D eigenvalue weighted by Crippen LogP contribution is -2.28. The molecule has 3 aromatic carbocycles. The van der Waals surface area contributed by atoms with Crippen LogP contribution in [0.4, 0.5) is 10.8 Å². The number of phenols is 1. The van der Waals surface area contributed by atoms with Crippen LogP contribution in [0, 0.1) is 0 Å². The molecule has 4 aromatic rings. The number of benzene rings is 3. The fourth-order valence-corrected chi connectivity index (χ4v) is 4.11. The summed E-state index contributed by atoms with van der Waals surface area (Å²) in [6, 6.07) is 23.3. The molecule has 9 heteroatoms. The summed E-state index contributed by atoms with van der Waals surface area (Å²) in [5.41, 5.74) is 6.52. The lowest BCUT2D eigenvalue weighted by atomic mass is 10.1. The normalized spacial score (nSPS) is 14.4. The molecule has 0 saturated carbocycles. The lowest BCUT2D eigenvalue weighted by Gasteiger charge is -2.06. The van der Waals surface area contributed by atoms with Gasteiger partial charge in [-0.2, -0.15) is 15.2 Å². The first-order valence-corrected chi connectivity index (χ1v) is 11.2. The van der Waals surface area contributed by atoms with Gasteiger partial charge in [0.05, 0.1) is 18.5 Å². The molecule has 0 saturated heterocycles. The number of nitrogens with zero attached hydrogens (tertiary/aromatic N) is 4. The van der Waals surface area contributed by atoms with E-state index in [1.807, 2.05) is 60.0 Å². The Morgan fingerprint density at radius 3 is 2.41 bits per heavy atom. The summed E-state index contributed by atoms with van der Waals surface area (Å²) < 4.78 is 5.21. The van der Waals surface area contributed by atoms with Gasteiger partial charge in [0.2, 0.25) is 5.13 Å². The van der Waals surface area contributed by atoms with E-state index in [1.54, 1.807) is 19.2 Å². The third kappa shape index (κ3) is 4.24. The zero-order valence-corrected chi connectivity index (χ0v) is 18.9. The zero-order valence-electron chi connectivity index (χ0n) is 18.0. The highest BCUT2D eigenvalue weighted by Crippen LogP contribution is 2.31. The van der Waals surface area contributed by atoms with Crippen LogP contribution in [0.2, 0.25) is 0 Å². The number of carbonyl (C=O) groups is 1. The number of rotatable bonds is 6. The number of anilines is 2. The number of methoxy groups -OCH3 is 1. The molecule has 0 fully saturated rings. The third-order valence-electron chi connectivity index (χ3n) is 5.09. The monoisotopic (exact) mass is 469 g/mol. The van der Waals surface area contributed by atoms with Gasteiger partial charge in [0, 0.05) is 16.5 Å². The molecular weight excluding hydrogens is 450 g/mol. The van der Waals surface area contributed by atoms with E-state index >= 15 is 0 Å². The average molecular weight is 470 g/mol. The van der Waals surface area contributed by atoms with Crippen molar-refractivity contribution in [3.8, 4) is 22.8 Å². The molecular formula is C25H19N5O3S. The first-order chi connectivity index (χ1) is 16.6. The first kappa shape index (κ1) is 21.4. The van der Waals surface area contributed by atoms with Crippen LogP contribution in [-0.4, -0.2) is 34.5 Å². The van der Waals surface area contributed by atoms with Crippen molar-refractivity contribution < 1.29 is 14.6 Å². The number of hydrazone groups is 2. The number of carbonyl (C=O) groups excluding carboxylic acids is 1. The molecule has 8 nitrogen and oxygen atoms in total. The fourth-order valence-electron chi connectivity index (χ4n) is 3.33. The van der Waals surface area contributed by atoms with E-state index in [9.17, 15) is 9.90 Å². The highest BCUT2D eigenvalue weighted by Gasteiger charge is 2.35. The van der Waals surface area contributed by atoms with Crippen molar-refractivity contribution in [1.82, 2.24) is 4.98 Å². The summed E-state index contributed by atoms with van der Waals surface area (Å²) in [6.45, 7) is 0. The molecule has 1 aliphatic rings. The maximum absolute atomic E-state index is 13.3. The molecule has 0 aliphatic carbocycles. The van der Waals surface area contributed by atoms with Gasteiger partial charge in [-0.3, -0.25) is 10.2 Å². The molecule has 5 rings (SSSR count). The van der Waals surface area contributed by atoms with E-state index in [0.29, 0.717) is 16.5 Å². The standard InChI is InChI=1S/C25H19N5O3S/c1-33-20-13-7-16(8-14-20)21-15-34-25(26-21)30-24(32)23(22(29-30)17-5-3-2-4-6-17)28-27-18-9-11-19(31)12-10-18/h2-15,27,31H,1H3/b28-23+. The predicted molar refractivity (Wildman–Crippen MR) is 134 cm³/mol. The number of amides is 1. The SMILES string of the molecule is COc1ccc(-c2csc(N3N=C(c4ccccc4)/C(=N\Nc4ccc(O)cc4)C3=O)n2)cc1. The number of aromatic nitrogens is 1. The van der Waals surface area contributed by atoms with E-state index in [-0.39, 0.29) is 17.4 Å². The highest BCUT2D eigenvalue weighted by atomic mass is 32.1. The van der Waals surface area contributed by atoms with Gasteiger partial charge < -0.3 is 9.84 Å². The molecule has 2 N–H and O–H groups in total. The Morgan fingerprint density at radius 2 is 1.71 bits per heavy atom. The number of hydrogen-bond acceptors (Lipinski definition) is 8. The molecule has 2 heterocycles. The maximum atomic E-state index is 13.3. The maximum Gasteiger partial charge on any atom is 0.303 e. The van der Waals surface area contributed by atoms with Gasteiger partial charge >= 0.3 is 5.91 Å². The van der Waals surface area contributed by atoms with Gasteiger partial charge in [0.15, 0.2) is 5.71 Å². The number of aromatic hydroxyl groups is 1. The zero-order chi connectivity index (χ0) is 23.5. The van der Waals surface area contributed by atoms with Crippen LogP contribution in [0.25, 0.3) is 11.3 Å². The number of hydrogen-bond donors (Lipinski definition) is 2. The van der Waals surface area contributed by atoms with Gasteiger partial charge in [0.25, 0.3) is 0 Å². The Bertz CT molecular complexity index is 1380. The summed E-state index contributed by atoms with van der Waals surface area (Å²) in [4.78, 5) is 18.0. The Morgan fingerprint density at radius 1 is 0.971 bits per heavy atom. The highest BCUT2D eigenvalue weighted by molar-refractivity contribution is 7.14. The van der Waals surface area contributed by atoms with Crippen LogP contribution in [0.15, 0.2) is 94.4 Å². The van der Waals surface area contributed by atoms with Gasteiger partial charge in [-0.1, -0.05) is 30.3 Å². The Hall–Kier alpha value is -4.50. The minimum absolute atomic E-state index is 0.143. The van der Waals surface area contributed by atoms with E-state index in [2.05, 4.69) is 20.6 Å². The second-order valence-corrected chi connectivity index (χ2v) is 8.13. The molecule has 0 atom stereocenters. The minimum Gasteiger partial charge on any atom is -0.508 e. The van der Waals surface area contributed by atoms with Crippen molar-refractivity contribution in [3.05, 3.63) is 89.8 Å². The van der Waals surface area contributed by atoms with Crippen LogP contribution < -0.4 is 15.2 Å². The van der Waals surface area contributed by atoms with E-state index in [0.717, 1.165) is 22.6 Å². The predicted octanol–water partition coefficient (Wildman–Crippen LogP) is 4.74. The summed E-state index contributed by atoms with van der Waals surface area (Å²) in [7, 11) is 1.62. The van der Waals surface area contributed by atoms with Gasteiger partial charge in [-0.05, 0) is 48.5 Å². The number of thiazole rings is 1. The van der Waals surface area contributed by atoms with Crippen molar-refractivity contribution in [2.24, 2.45) is 10.2 Å². The van der Waals surface area contributed by atoms with Gasteiger partial charge in [0.1, 0.15) is 17.2 Å². The molecule has 0 spiro atoms. The smallest absolute Gasteiger partial charge is 0.303 e. The molecule has 0 unspecified atom stereocenters. The van der Waals surface area contributed by atoms with E-state index < -0.39 is 0 Å². The molecule has 1 amide bonds. The molecule has 1 aromatic heterocycles. The van der Waals surface area contributed by atoms with Crippen molar-refractivity contribution in [1.29, 1.82) is 0 Å². The van der Waals surface area contributed by atoms with Crippen molar-refractivity contribution in [2.45, 2.75) is 0 Å². The van der Waals surface area contributed by atoms with Crippen LogP contribution in [0.5, 0.6) is 11.5 Å². The van der Waals surface area contributed by atoms with E-state index in [4.69, 9.17) is 4.74 Å². The molecule has 0 bridgehead atoms. The number of ether oxygens (including phenoxy) is 1. The van der Waals surface area contributed by atoms with E-state index in [1.165, 1.54) is 28.5 Å². The van der Waals surface area contributed by atoms with Crippen molar-refractivity contribution >= 4 is 39.5 Å². The van der Waals surface area contributed by atoms with Crippen LogP contribution in [0.3, 0.4) is 0 Å².